The highest BCUT2D eigenvalue weighted by Gasteiger charge is 2.26. The largest absolute Gasteiger partial charge is 0.294 e. The van der Waals surface area contributed by atoms with Gasteiger partial charge in [-0.15, -0.1) is 0 Å². The number of fused-ring (bicyclic) bond motifs is 1. The molecule has 1 aliphatic carbocycles. The number of hydrazone groups is 1. The number of nitrogens with one attached hydrogen (secondary N) is 2. The number of halogens is 1. The van der Waals surface area contributed by atoms with Crippen molar-refractivity contribution in [1.29, 1.82) is 0 Å². The molecule has 0 radical (unpaired) electrons. The first kappa shape index (κ1) is 21.5. The zero-order valence-electron chi connectivity index (χ0n) is 16.3. The molecule has 1 aliphatic rings. The highest BCUT2D eigenvalue weighted by atomic mass is 35.5. The number of carbonyl (C=O) groups is 1. The smallest absolute Gasteiger partial charge is 0.270 e. The zero-order chi connectivity index (χ0) is 22.9. The van der Waals surface area contributed by atoms with Gasteiger partial charge in [0.15, 0.2) is 5.78 Å². The number of Topliss-reactive ketones (excluding diaryl/α,β-unsaturated/α-hetero) is 1. The van der Waals surface area contributed by atoms with Crippen molar-refractivity contribution < 1.29 is 18.1 Å². The predicted molar refractivity (Wildman–Crippen MR) is 121 cm³/mol. The number of anilines is 2. The lowest BCUT2D eigenvalue weighted by molar-refractivity contribution is -0.385. The normalized spacial score (nSPS) is 14.3. The van der Waals surface area contributed by atoms with E-state index in [1.807, 2.05) is 0 Å². The summed E-state index contributed by atoms with van der Waals surface area (Å²) in [6, 6.07) is 16.2. The maximum Gasteiger partial charge on any atom is 0.270 e. The molecule has 0 amide bonds. The van der Waals surface area contributed by atoms with Crippen LogP contribution >= 0.6 is 11.6 Å². The van der Waals surface area contributed by atoms with Crippen LogP contribution in [0, 0.1) is 10.1 Å². The summed E-state index contributed by atoms with van der Waals surface area (Å²) in [4.78, 5) is 22.3. The first-order valence-electron chi connectivity index (χ1n) is 9.26. The summed E-state index contributed by atoms with van der Waals surface area (Å²) in [7, 11) is -4.23. The molecule has 0 unspecified atom stereocenters. The van der Waals surface area contributed by atoms with Crippen LogP contribution in [-0.4, -0.2) is 24.8 Å². The molecular weight excluding hydrogens is 456 g/mol. The summed E-state index contributed by atoms with van der Waals surface area (Å²) < 4.78 is 28.4. The highest BCUT2D eigenvalue weighted by Crippen LogP contribution is 2.29. The molecule has 32 heavy (non-hydrogen) atoms. The maximum absolute atomic E-state index is 13.0. The summed E-state index contributed by atoms with van der Waals surface area (Å²) in [5.74, 6) is -0.0953. The molecule has 9 nitrogen and oxygen atoms in total. The van der Waals surface area contributed by atoms with Gasteiger partial charge < -0.3 is 0 Å². The summed E-state index contributed by atoms with van der Waals surface area (Å²) in [5, 5.41) is 15.9. The Morgan fingerprint density at radius 3 is 2.38 bits per heavy atom. The van der Waals surface area contributed by atoms with Crippen LogP contribution in [0.1, 0.15) is 22.3 Å². The average Bonchev–Trinajstić information content (AvgIpc) is 3.09. The van der Waals surface area contributed by atoms with Crippen molar-refractivity contribution in [2.24, 2.45) is 5.10 Å². The lowest BCUT2D eigenvalue weighted by Gasteiger charge is -2.12. The number of hydrogen-bond donors (Lipinski definition) is 2. The van der Waals surface area contributed by atoms with E-state index in [1.165, 1.54) is 30.3 Å². The minimum absolute atomic E-state index is 0.0152. The van der Waals surface area contributed by atoms with Gasteiger partial charge in [-0.2, -0.15) is 5.10 Å². The minimum Gasteiger partial charge on any atom is -0.294 e. The van der Waals surface area contributed by atoms with Crippen LogP contribution in [0.15, 0.2) is 76.7 Å². The van der Waals surface area contributed by atoms with Crippen molar-refractivity contribution in [3.05, 3.63) is 93.0 Å². The first-order valence-corrected chi connectivity index (χ1v) is 11.1. The van der Waals surface area contributed by atoms with E-state index in [-0.39, 0.29) is 28.5 Å². The third-order valence-electron chi connectivity index (χ3n) is 4.74. The Morgan fingerprint density at radius 2 is 1.69 bits per heavy atom. The van der Waals surface area contributed by atoms with E-state index in [4.69, 9.17) is 11.6 Å². The van der Waals surface area contributed by atoms with Gasteiger partial charge >= 0.3 is 0 Å². The Labute approximate surface area is 187 Å². The first-order chi connectivity index (χ1) is 15.2. The molecule has 3 aromatic rings. The second kappa shape index (κ2) is 8.40. The molecule has 0 aliphatic heterocycles. The number of sulfonamides is 1. The van der Waals surface area contributed by atoms with Crippen LogP contribution in [0.4, 0.5) is 17.1 Å². The summed E-state index contributed by atoms with van der Waals surface area (Å²) >= 11 is 5.83. The Kier molecular flexibility index (Phi) is 5.64. The van der Waals surface area contributed by atoms with E-state index in [2.05, 4.69) is 15.2 Å². The second-order valence-electron chi connectivity index (χ2n) is 6.87. The van der Waals surface area contributed by atoms with E-state index < -0.39 is 20.6 Å². The SMILES string of the molecule is O=C1CC(=NNc2ccc([N+](=O)[O-])cc2S(=O)(=O)Nc2ccc(Cl)cc2)c2ccccc21. The zero-order valence-corrected chi connectivity index (χ0v) is 17.9. The number of nitrogens with zero attached hydrogens (tertiary/aromatic N) is 2. The van der Waals surface area contributed by atoms with Crippen molar-refractivity contribution in [1.82, 2.24) is 0 Å². The molecule has 0 bridgehead atoms. The summed E-state index contributed by atoms with van der Waals surface area (Å²) in [6.07, 6.45) is 0.0600. The van der Waals surface area contributed by atoms with Gasteiger partial charge in [-0.05, 0) is 30.3 Å². The Bertz CT molecular complexity index is 1370. The van der Waals surface area contributed by atoms with Crippen LogP contribution in [0.25, 0.3) is 0 Å². The van der Waals surface area contributed by atoms with E-state index in [9.17, 15) is 23.3 Å². The molecule has 0 saturated heterocycles. The summed E-state index contributed by atoms with van der Waals surface area (Å²) in [6.45, 7) is 0. The molecule has 2 N–H and O–H groups in total. The van der Waals surface area contributed by atoms with Gasteiger partial charge in [0, 0.05) is 34.0 Å². The molecule has 11 heteroatoms. The van der Waals surface area contributed by atoms with Crippen LogP contribution in [0.2, 0.25) is 5.02 Å². The maximum atomic E-state index is 13.0. The third kappa shape index (κ3) is 4.32. The molecule has 0 spiro atoms. The van der Waals surface area contributed by atoms with Gasteiger partial charge in [-0.3, -0.25) is 25.1 Å². The molecule has 0 fully saturated rings. The molecule has 4 rings (SSSR count). The number of hydrogen-bond acceptors (Lipinski definition) is 7. The van der Waals surface area contributed by atoms with Crippen LogP contribution < -0.4 is 10.1 Å². The fraction of sp³-hybridized carbons (Fsp3) is 0.0476. The van der Waals surface area contributed by atoms with Crippen LogP contribution in [0.3, 0.4) is 0 Å². The number of nitro benzene ring substituents is 1. The molecule has 0 atom stereocenters. The second-order valence-corrected chi connectivity index (χ2v) is 8.95. The standard InChI is InChI=1S/C21H15ClN4O5S/c22-13-5-7-14(8-6-13)25-32(30,31)21-11-15(26(28)29)9-10-18(21)23-24-19-12-20(27)17-4-2-1-3-16(17)19/h1-11,23,25H,12H2. The topological polar surface area (TPSA) is 131 Å². The number of rotatable bonds is 6. The van der Waals surface area contributed by atoms with Gasteiger partial charge in [0.05, 0.1) is 22.7 Å². The number of non-ortho nitro benzene ring substituents is 1. The highest BCUT2D eigenvalue weighted by molar-refractivity contribution is 7.92. The lowest BCUT2D eigenvalue weighted by Crippen LogP contribution is -2.15. The van der Waals surface area contributed by atoms with Gasteiger partial charge in [0.2, 0.25) is 0 Å². The van der Waals surface area contributed by atoms with E-state index >= 15 is 0 Å². The van der Waals surface area contributed by atoms with Crippen molar-refractivity contribution in [2.45, 2.75) is 11.3 Å². The minimum atomic E-state index is -4.23. The number of nitro groups is 1. The molecule has 0 aromatic heterocycles. The predicted octanol–water partition coefficient (Wildman–Crippen LogP) is 4.45. The molecule has 0 heterocycles. The van der Waals surface area contributed by atoms with Crippen molar-refractivity contribution in [3.8, 4) is 0 Å². The summed E-state index contributed by atoms with van der Waals surface area (Å²) in [5.41, 5.74) is 4.13. The van der Waals surface area contributed by atoms with E-state index in [0.717, 1.165) is 12.1 Å². The molecule has 0 saturated carbocycles. The fourth-order valence-corrected chi connectivity index (χ4v) is 4.58. The van der Waals surface area contributed by atoms with Crippen LogP contribution in [0.5, 0.6) is 0 Å². The van der Waals surface area contributed by atoms with Gasteiger partial charge in [-0.25, -0.2) is 8.42 Å². The molecular formula is C21H15ClN4O5S. The monoisotopic (exact) mass is 470 g/mol. The number of ketones is 1. The van der Waals surface area contributed by atoms with E-state index in [1.54, 1.807) is 24.3 Å². The van der Waals surface area contributed by atoms with Gasteiger partial charge in [-0.1, -0.05) is 35.9 Å². The Morgan fingerprint density at radius 1 is 1.00 bits per heavy atom. The van der Waals surface area contributed by atoms with Crippen molar-refractivity contribution in [3.63, 3.8) is 0 Å². The molecule has 3 aromatic carbocycles. The van der Waals surface area contributed by atoms with Gasteiger partial charge in [0.25, 0.3) is 15.7 Å². The van der Waals surface area contributed by atoms with Gasteiger partial charge in [0.1, 0.15) is 4.90 Å². The lowest BCUT2D eigenvalue weighted by atomic mass is 10.1. The fourth-order valence-electron chi connectivity index (χ4n) is 3.22. The van der Waals surface area contributed by atoms with Crippen LogP contribution in [-0.2, 0) is 10.0 Å². The van der Waals surface area contributed by atoms with E-state index in [0.29, 0.717) is 21.9 Å². The Balaban J connectivity index is 1.71. The average molecular weight is 471 g/mol. The Hall–Kier alpha value is -3.76. The van der Waals surface area contributed by atoms with Crippen molar-refractivity contribution >= 4 is 50.2 Å². The number of benzene rings is 3. The quantitative estimate of drug-likeness (QED) is 0.404. The molecule has 162 valence electrons. The number of carbonyl (C=O) groups excluding carboxylic acids is 1. The van der Waals surface area contributed by atoms with Crippen molar-refractivity contribution in [2.75, 3.05) is 10.1 Å². The third-order valence-corrected chi connectivity index (χ3v) is 6.41.